The van der Waals surface area contributed by atoms with Crippen LogP contribution in [-0.2, 0) is 10.0 Å². The molecule has 0 saturated carbocycles. The van der Waals surface area contributed by atoms with E-state index in [0.29, 0.717) is 5.02 Å². The Hall–Kier alpha value is -0.450. The van der Waals surface area contributed by atoms with Gasteiger partial charge >= 0.3 is 0 Å². The first-order valence-electron chi connectivity index (χ1n) is 3.32. The van der Waals surface area contributed by atoms with Crippen LogP contribution in [0.3, 0.4) is 0 Å². The highest BCUT2D eigenvalue weighted by atomic mass is 35.5. The quantitative estimate of drug-likeness (QED) is 0.862. The van der Waals surface area contributed by atoms with E-state index in [1.54, 1.807) is 12.1 Å². The van der Waals surface area contributed by atoms with E-state index in [1.807, 2.05) is 0 Å². The van der Waals surface area contributed by atoms with Gasteiger partial charge in [0, 0.05) is 0 Å². The first-order valence-corrected chi connectivity index (χ1v) is 5.97. The zero-order valence-corrected chi connectivity index (χ0v) is 9.04. The highest BCUT2D eigenvalue weighted by Crippen LogP contribution is 2.29. The van der Waals surface area contributed by atoms with E-state index < -0.39 is 10.0 Å². The van der Waals surface area contributed by atoms with Crippen LogP contribution in [0.5, 0.6) is 0 Å². The summed E-state index contributed by atoms with van der Waals surface area (Å²) in [6, 6.07) is 4.73. The molecule has 13 heavy (non-hydrogen) atoms. The summed E-state index contributed by atoms with van der Waals surface area (Å²) in [4.78, 5) is 0. The van der Waals surface area contributed by atoms with Gasteiger partial charge in [-0.05, 0) is 12.1 Å². The van der Waals surface area contributed by atoms with Crippen molar-refractivity contribution in [3.05, 3.63) is 28.2 Å². The molecule has 72 valence electrons. The molecule has 0 bridgehead atoms. The molecule has 0 heterocycles. The van der Waals surface area contributed by atoms with Gasteiger partial charge in [-0.2, -0.15) is 0 Å². The van der Waals surface area contributed by atoms with Crippen molar-refractivity contribution in [2.75, 3.05) is 11.0 Å². The molecule has 1 N–H and O–H groups in total. The van der Waals surface area contributed by atoms with E-state index >= 15 is 0 Å². The van der Waals surface area contributed by atoms with Gasteiger partial charge in [0.05, 0.1) is 22.0 Å². The van der Waals surface area contributed by atoms with Gasteiger partial charge in [-0.15, -0.1) is 0 Å². The second-order valence-corrected chi connectivity index (χ2v) is 5.01. The molecule has 0 radical (unpaired) electrons. The van der Waals surface area contributed by atoms with E-state index in [-0.39, 0.29) is 10.7 Å². The van der Waals surface area contributed by atoms with Crippen molar-refractivity contribution in [2.24, 2.45) is 0 Å². The highest BCUT2D eigenvalue weighted by molar-refractivity contribution is 7.92. The van der Waals surface area contributed by atoms with Crippen molar-refractivity contribution in [3.8, 4) is 0 Å². The fourth-order valence-electron chi connectivity index (χ4n) is 0.782. The van der Waals surface area contributed by atoms with Crippen LogP contribution in [0, 0.1) is 0 Å². The number of rotatable bonds is 2. The van der Waals surface area contributed by atoms with Gasteiger partial charge in [0.15, 0.2) is 0 Å². The molecular weight excluding hydrogens is 233 g/mol. The molecule has 3 nitrogen and oxygen atoms in total. The Bertz CT molecular complexity index is 417. The average molecular weight is 240 g/mol. The monoisotopic (exact) mass is 239 g/mol. The van der Waals surface area contributed by atoms with Crippen molar-refractivity contribution in [2.45, 2.75) is 0 Å². The van der Waals surface area contributed by atoms with Gasteiger partial charge in [-0.25, -0.2) is 8.42 Å². The number of nitrogens with one attached hydrogen (secondary N) is 1. The molecule has 0 atom stereocenters. The molecule has 1 rings (SSSR count). The molecule has 1 aromatic carbocycles. The molecule has 0 unspecified atom stereocenters. The van der Waals surface area contributed by atoms with Crippen LogP contribution in [0.1, 0.15) is 0 Å². The van der Waals surface area contributed by atoms with Gasteiger partial charge in [0.1, 0.15) is 0 Å². The van der Waals surface area contributed by atoms with Gasteiger partial charge in [-0.3, -0.25) is 4.72 Å². The predicted octanol–water partition coefficient (Wildman–Crippen LogP) is 2.36. The van der Waals surface area contributed by atoms with Gasteiger partial charge in [0.2, 0.25) is 10.0 Å². The van der Waals surface area contributed by atoms with Gasteiger partial charge in [-0.1, -0.05) is 29.3 Å². The minimum atomic E-state index is -3.31. The van der Waals surface area contributed by atoms with E-state index in [0.717, 1.165) is 6.26 Å². The third-order valence-corrected chi connectivity index (χ3v) is 2.66. The molecule has 0 amide bonds. The summed E-state index contributed by atoms with van der Waals surface area (Å²) in [6.45, 7) is 0. The fourth-order valence-corrected chi connectivity index (χ4v) is 1.76. The third-order valence-electron chi connectivity index (χ3n) is 1.25. The normalized spacial score (nSPS) is 11.3. The molecule has 0 aliphatic carbocycles. The number of hydrogen-bond donors (Lipinski definition) is 1. The Morgan fingerprint density at radius 3 is 2.46 bits per heavy atom. The Labute approximate surface area is 86.7 Å². The molecule has 0 aromatic heterocycles. The van der Waals surface area contributed by atoms with Crippen LogP contribution >= 0.6 is 23.2 Å². The number of hydrogen-bond acceptors (Lipinski definition) is 2. The lowest BCUT2D eigenvalue weighted by Crippen LogP contribution is -2.09. The summed E-state index contributed by atoms with van der Waals surface area (Å²) in [5, 5.41) is 0.518. The zero-order chi connectivity index (χ0) is 10.1. The number of sulfonamides is 1. The number of halogens is 2. The number of benzene rings is 1. The van der Waals surface area contributed by atoms with Crippen molar-refractivity contribution < 1.29 is 8.42 Å². The molecule has 0 fully saturated rings. The van der Waals surface area contributed by atoms with Crippen LogP contribution in [-0.4, -0.2) is 14.7 Å². The molecule has 0 aliphatic rings. The summed E-state index contributed by atoms with van der Waals surface area (Å²) < 4.78 is 23.9. The summed E-state index contributed by atoms with van der Waals surface area (Å²) in [6.07, 6.45) is 1.05. The van der Waals surface area contributed by atoms with Crippen molar-refractivity contribution in [1.82, 2.24) is 0 Å². The van der Waals surface area contributed by atoms with Gasteiger partial charge < -0.3 is 0 Å². The van der Waals surface area contributed by atoms with E-state index in [1.165, 1.54) is 6.07 Å². The van der Waals surface area contributed by atoms with Crippen LogP contribution in [0.15, 0.2) is 18.2 Å². The summed E-state index contributed by atoms with van der Waals surface area (Å²) in [5.74, 6) is 0. The maximum atomic E-state index is 10.9. The molecule has 6 heteroatoms. The second-order valence-electron chi connectivity index (χ2n) is 2.48. The molecule has 0 aliphatic heterocycles. The maximum absolute atomic E-state index is 10.9. The Balaban J connectivity index is 3.10. The van der Waals surface area contributed by atoms with Crippen molar-refractivity contribution in [1.29, 1.82) is 0 Å². The standard InChI is InChI=1S/C7H7Cl2NO2S/c1-13(11,12)10-6-4-2-3-5(8)7(6)9/h2-4,10H,1H3. The first-order chi connectivity index (χ1) is 5.90. The zero-order valence-electron chi connectivity index (χ0n) is 6.71. The van der Waals surface area contributed by atoms with E-state index in [4.69, 9.17) is 23.2 Å². The van der Waals surface area contributed by atoms with Crippen LogP contribution < -0.4 is 4.72 Å². The third kappa shape index (κ3) is 3.06. The van der Waals surface area contributed by atoms with E-state index in [9.17, 15) is 8.42 Å². The SMILES string of the molecule is CS(=O)(=O)Nc1cccc(Cl)c1Cl. The average Bonchev–Trinajstić information content (AvgIpc) is 1.96. The fraction of sp³-hybridized carbons (Fsp3) is 0.143. The molecular formula is C7H7Cl2NO2S. The summed E-state index contributed by atoms with van der Waals surface area (Å²) in [5.41, 5.74) is 0.289. The molecule has 0 saturated heterocycles. The lowest BCUT2D eigenvalue weighted by atomic mass is 10.3. The smallest absolute Gasteiger partial charge is 0.229 e. The van der Waals surface area contributed by atoms with Crippen LogP contribution in [0.25, 0.3) is 0 Å². The van der Waals surface area contributed by atoms with Crippen molar-refractivity contribution in [3.63, 3.8) is 0 Å². The minimum absolute atomic E-state index is 0.203. The van der Waals surface area contributed by atoms with E-state index in [2.05, 4.69) is 4.72 Å². The first kappa shape index (κ1) is 10.6. The lowest BCUT2D eigenvalue weighted by molar-refractivity contribution is 0.607. The Morgan fingerprint density at radius 2 is 1.92 bits per heavy atom. The second kappa shape index (κ2) is 3.74. The predicted molar refractivity (Wildman–Crippen MR) is 54.9 cm³/mol. The largest absolute Gasteiger partial charge is 0.282 e. The van der Waals surface area contributed by atoms with Gasteiger partial charge in [0.25, 0.3) is 0 Å². The molecule has 1 aromatic rings. The maximum Gasteiger partial charge on any atom is 0.229 e. The molecule has 0 spiro atoms. The lowest BCUT2D eigenvalue weighted by Gasteiger charge is -2.06. The Kier molecular flexibility index (Phi) is 3.05. The topological polar surface area (TPSA) is 46.2 Å². The summed E-state index contributed by atoms with van der Waals surface area (Å²) in [7, 11) is -3.31. The van der Waals surface area contributed by atoms with Crippen LogP contribution in [0.2, 0.25) is 10.0 Å². The van der Waals surface area contributed by atoms with Crippen molar-refractivity contribution >= 4 is 38.9 Å². The minimum Gasteiger partial charge on any atom is -0.282 e. The van der Waals surface area contributed by atoms with Crippen LogP contribution in [0.4, 0.5) is 5.69 Å². The summed E-state index contributed by atoms with van der Waals surface area (Å²) >= 11 is 11.4. The number of anilines is 1. The Morgan fingerprint density at radius 1 is 1.31 bits per heavy atom. The highest BCUT2D eigenvalue weighted by Gasteiger charge is 2.07.